The van der Waals surface area contributed by atoms with Gasteiger partial charge < -0.3 is 10.2 Å². The summed E-state index contributed by atoms with van der Waals surface area (Å²) in [5.74, 6) is -0.154. The summed E-state index contributed by atoms with van der Waals surface area (Å²) in [7, 11) is 0. The van der Waals surface area contributed by atoms with Gasteiger partial charge in [0, 0.05) is 5.69 Å². The van der Waals surface area contributed by atoms with E-state index in [0.29, 0.717) is 0 Å². The van der Waals surface area contributed by atoms with E-state index in [0.717, 1.165) is 11.3 Å². The van der Waals surface area contributed by atoms with Crippen LogP contribution < -0.4 is 10.2 Å². The van der Waals surface area contributed by atoms with E-state index in [2.05, 4.69) is 5.32 Å². The van der Waals surface area contributed by atoms with Gasteiger partial charge in [0.05, 0.1) is 0 Å². The molecule has 0 spiro atoms. The monoisotopic (exact) mass is 260 g/mol. The van der Waals surface area contributed by atoms with Crippen LogP contribution >= 0.6 is 0 Å². The zero-order valence-electron chi connectivity index (χ0n) is 11.9. The second-order valence-electron chi connectivity index (χ2n) is 6.13. The molecule has 1 atom stereocenters. The molecule has 0 saturated carbocycles. The molecule has 2 amide bonds. The average molecular weight is 260 g/mol. The number of carbonyl (C=O) groups excluding carboxylic acids is 2. The smallest absolute Gasteiger partial charge is 0.250 e. The SMILES string of the molecule is Cc1cccc(N2CC(=O)NC(C(C)(C)C)C2=O)c1. The highest BCUT2D eigenvalue weighted by molar-refractivity contribution is 6.06. The van der Waals surface area contributed by atoms with Gasteiger partial charge in [-0.2, -0.15) is 0 Å². The van der Waals surface area contributed by atoms with Gasteiger partial charge in [-0.3, -0.25) is 9.59 Å². The molecule has 1 aromatic rings. The fourth-order valence-electron chi connectivity index (χ4n) is 2.25. The first-order chi connectivity index (χ1) is 8.79. The molecule has 19 heavy (non-hydrogen) atoms. The van der Waals surface area contributed by atoms with Crippen molar-refractivity contribution in [3.8, 4) is 0 Å². The number of amides is 2. The Bertz CT molecular complexity index is 517. The Balaban J connectivity index is 2.35. The third-order valence-electron chi connectivity index (χ3n) is 3.30. The maximum Gasteiger partial charge on any atom is 0.250 e. The van der Waals surface area contributed by atoms with Crippen molar-refractivity contribution >= 4 is 17.5 Å². The van der Waals surface area contributed by atoms with E-state index in [-0.39, 0.29) is 23.8 Å². The lowest BCUT2D eigenvalue weighted by atomic mass is 9.84. The minimum absolute atomic E-state index is 0.0438. The number of nitrogens with one attached hydrogen (secondary N) is 1. The minimum Gasteiger partial charge on any atom is -0.342 e. The summed E-state index contributed by atoms with van der Waals surface area (Å²) < 4.78 is 0. The fourth-order valence-corrected chi connectivity index (χ4v) is 2.25. The second kappa shape index (κ2) is 4.68. The van der Waals surface area contributed by atoms with E-state index in [1.54, 1.807) is 4.90 Å². The number of rotatable bonds is 1. The predicted octanol–water partition coefficient (Wildman–Crippen LogP) is 1.87. The highest BCUT2D eigenvalue weighted by Crippen LogP contribution is 2.26. The lowest BCUT2D eigenvalue weighted by Crippen LogP contribution is -2.62. The molecule has 1 fully saturated rings. The Morgan fingerprint density at radius 2 is 1.95 bits per heavy atom. The van der Waals surface area contributed by atoms with E-state index >= 15 is 0 Å². The van der Waals surface area contributed by atoms with Crippen molar-refractivity contribution in [1.82, 2.24) is 5.32 Å². The Morgan fingerprint density at radius 1 is 1.26 bits per heavy atom. The number of nitrogens with zero attached hydrogens (tertiary/aromatic N) is 1. The maximum atomic E-state index is 12.5. The zero-order chi connectivity index (χ0) is 14.2. The summed E-state index contributed by atoms with van der Waals surface area (Å²) in [6.07, 6.45) is 0. The molecule has 1 unspecified atom stereocenters. The molecule has 1 aliphatic heterocycles. The summed E-state index contributed by atoms with van der Waals surface area (Å²) >= 11 is 0. The summed E-state index contributed by atoms with van der Waals surface area (Å²) in [4.78, 5) is 25.9. The first kappa shape index (κ1) is 13.6. The molecule has 1 heterocycles. The van der Waals surface area contributed by atoms with Crippen molar-refractivity contribution in [3.63, 3.8) is 0 Å². The molecule has 0 aromatic heterocycles. The molecular weight excluding hydrogens is 240 g/mol. The third-order valence-corrected chi connectivity index (χ3v) is 3.30. The molecule has 4 nitrogen and oxygen atoms in total. The van der Waals surface area contributed by atoms with Crippen LogP contribution in [-0.2, 0) is 9.59 Å². The van der Waals surface area contributed by atoms with Gasteiger partial charge in [-0.1, -0.05) is 32.9 Å². The number of carbonyl (C=O) groups is 2. The van der Waals surface area contributed by atoms with Gasteiger partial charge in [0.25, 0.3) is 5.91 Å². The van der Waals surface area contributed by atoms with Gasteiger partial charge in [0.1, 0.15) is 12.6 Å². The van der Waals surface area contributed by atoms with E-state index in [9.17, 15) is 9.59 Å². The van der Waals surface area contributed by atoms with E-state index in [4.69, 9.17) is 0 Å². The standard InChI is InChI=1S/C15H20N2O2/c1-10-6-5-7-11(8-10)17-9-12(18)16-13(14(17)19)15(2,3)4/h5-8,13H,9H2,1-4H3,(H,16,18). The molecule has 0 bridgehead atoms. The number of anilines is 1. The highest BCUT2D eigenvalue weighted by atomic mass is 16.2. The fraction of sp³-hybridized carbons (Fsp3) is 0.467. The Labute approximate surface area is 113 Å². The van der Waals surface area contributed by atoms with Crippen LogP contribution in [0.25, 0.3) is 0 Å². The second-order valence-corrected chi connectivity index (χ2v) is 6.13. The van der Waals surface area contributed by atoms with Crippen molar-refractivity contribution in [2.75, 3.05) is 11.4 Å². The van der Waals surface area contributed by atoms with Crippen molar-refractivity contribution < 1.29 is 9.59 Å². The van der Waals surface area contributed by atoms with Crippen molar-refractivity contribution in [1.29, 1.82) is 0 Å². The normalized spacial score (nSPS) is 20.4. The number of piperazine rings is 1. The lowest BCUT2D eigenvalue weighted by molar-refractivity contribution is -0.133. The quantitative estimate of drug-likeness (QED) is 0.838. The van der Waals surface area contributed by atoms with Gasteiger partial charge >= 0.3 is 0 Å². The summed E-state index contributed by atoms with van der Waals surface area (Å²) in [5.41, 5.74) is 1.56. The van der Waals surface area contributed by atoms with Crippen LogP contribution in [0.3, 0.4) is 0 Å². The molecule has 0 radical (unpaired) electrons. The number of aryl methyl sites for hydroxylation is 1. The van der Waals surface area contributed by atoms with E-state index in [1.165, 1.54) is 0 Å². The first-order valence-corrected chi connectivity index (χ1v) is 6.46. The summed E-state index contributed by atoms with van der Waals surface area (Å²) in [5, 5.41) is 2.79. The topological polar surface area (TPSA) is 49.4 Å². The molecule has 2 rings (SSSR count). The summed E-state index contributed by atoms with van der Waals surface area (Å²) in [6.45, 7) is 7.93. The van der Waals surface area contributed by atoms with Gasteiger partial charge in [0.2, 0.25) is 5.91 Å². The molecule has 1 aromatic carbocycles. The van der Waals surface area contributed by atoms with Crippen LogP contribution in [0, 0.1) is 12.3 Å². The van der Waals surface area contributed by atoms with Crippen LogP contribution in [-0.4, -0.2) is 24.4 Å². The van der Waals surface area contributed by atoms with Gasteiger partial charge in [0.15, 0.2) is 0 Å². The van der Waals surface area contributed by atoms with E-state index < -0.39 is 6.04 Å². The predicted molar refractivity (Wildman–Crippen MR) is 74.9 cm³/mol. The highest BCUT2D eigenvalue weighted by Gasteiger charge is 2.40. The molecule has 1 N–H and O–H groups in total. The Morgan fingerprint density at radius 3 is 2.53 bits per heavy atom. The van der Waals surface area contributed by atoms with Crippen LogP contribution in [0.15, 0.2) is 24.3 Å². The van der Waals surface area contributed by atoms with Crippen molar-refractivity contribution in [3.05, 3.63) is 29.8 Å². The van der Waals surface area contributed by atoms with Gasteiger partial charge in [-0.15, -0.1) is 0 Å². The van der Waals surface area contributed by atoms with Crippen molar-refractivity contribution in [2.45, 2.75) is 33.7 Å². The molecule has 1 saturated heterocycles. The van der Waals surface area contributed by atoms with Crippen LogP contribution in [0.5, 0.6) is 0 Å². The number of benzene rings is 1. The average Bonchev–Trinajstić information content (AvgIpc) is 2.30. The molecule has 0 aliphatic carbocycles. The van der Waals surface area contributed by atoms with Crippen LogP contribution in [0.1, 0.15) is 26.3 Å². The third kappa shape index (κ3) is 2.78. The molecular formula is C15H20N2O2. The zero-order valence-corrected chi connectivity index (χ0v) is 11.9. The molecule has 102 valence electrons. The largest absolute Gasteiger partial charge is 0.342 e. The lowest BCUT2D eigenvalue weighted by Gasteiger charge is -2.38. The maximum absolute atomic E-state index is 12.5. The minimum atomic E-state index is -0.478. The van der Waals surface area contributed by atoms with Crippen LogP contribution in [0.4, 0.5) is 5.69 Å². The molecule has 1 aliphatic rings. The Kier molecular flexibility index (Phi) is 3.35. The van der Waals surface area contributed by atoms with E-state index in [1.807, 2.05) is 52.0 Å². The Hall–Kier alpha value is -1.84. The van der Waals surface area contributed by atoms with Gasteiger partial charge in [-0.05, 0) is 30.0 Å². The summed E-state index contributed by atoms with van der Waals surface area (Å²) in [6, 6.07) is 7.18. The van der Waals surface area contributed by atoms with Crippen LogP contribution in [0.2, 0.25) is 0 Å². The van der Waals surface area contributed by atoms with Crippen molar-refractivity contribution in [2.24, 2.45) is 5.41 Å². The first-order valence-electron chi connectivity index (χ1n) is 6.46. The number of hydrogen-bond donors (Lipinski definition) is 1. The number of hydrogen-bond acceptors (Lipinski definition) is 2. The molecule has 4 heteroatoms. The van der Waals surface area contributed by atoms with Gasteiger partial charge in [-0.25, -0.2) is 0 Å².